The quantitative estimate of drug-likeness (QED) is 0.762. The van der Waals surface area contributed by atoms with E-state index in [0.717, 1.165) is 31.5 Å². The van der Waals surface area contributed by atoms with E-state index in [-0.39, 0.29) is 29.9 Å². The van der Waals surface area contributed by atoms with Gasteiger partial charge in [0.2, 0.25) is 11.8 Å². The Kier molecular flexibility index (Phi) is 6.20. The van der Waals surface area contributed by atoms with Crippen LogP contribution in [0.1, 0.15) is 51.0 Å². The Balaban J connectivity index is 1.44. The number of carbonyl (C=O) groups is 2. The average Bonchev–Trinajstić information content (AvgIpc) is 3.43. The molecule has 0 N–H and O–H groups in total. The van der Waals surface area contributed by atoms with Gasteiger partial charge in [0.1, 0.15) is 0 Å². The molecule has 0 spiro atoms. The Labute approximate surface area is 173 Å². The van der Waals surface area contributed by atoms with E-state index >= 15 is 0 Å². The molecule has 3 aliphatic rings. The molecular weight excluding hydrogens is 368 g/mol. The van der Waals surface area contributed by atoms with Crippen LogP contribution in [0, 0.1) is 11.8 Å². The van der Waals surface area contributed by atoms with E-state index in [2.05, 4.69) is 19.9 Å². The maximum atomic E-state index is 13.2. The highest BCUT2D eigenvalue weighted by Crippen LogP contribution is 2.34. The minimum atomic E-state index is -0.267. The van der Waals surface area contributed by atoms with E-state index in [1.807, 2.05) is 28.0 Å². The molecule has 3 heterocycles. The monoisotopic (exact) mass is 400 g/mol. The van der Waals surface area contributed by atoms with E-state index < -0.39 is 0 Å². The fraction of sp³-hybridized carbons (Fsp3) is 0.652. The lowest BCUT2D eigenvalue weighted by Gasteiger charge is -2.36. The molecule has 3 aliphatic heterocycles. The lowest BCUT2D eigenvalue weighted by molar-refractivity contribution is -0.143. The molecular formula is C23H32N2O4. The number of benzene rings is 1. The highest BCUT2D eigenvalue weighted by atomic mass is 16.7. The molecule has 0 aliphatic carbocycles. The fourth-order valence-corrected chi connectivity index (χ4v) is 4.82. The van der Waals surface area contributed by atoms with Crippen LogP contribution >= 0.6 is 0 Å². The molecule has 0 aromatic heterocycles. The summed E-state index contributed by atoms with van der Waals surface area (Å²) >= 11 is 0. The minimum absolute atomic E-state index is 0.0510. The maximum Gasteiger partial charge on any atom is 0.228 e. The van der Waals surface area contributed by atoms with Crippen molar-refractivity contribution in [3.05, 3.63) is 29.8 Å². The first-order valence-corrected chi connectivity index (χ1v) is 11.0. The van der Waals surface area contributed by atoms with Crippen LogP contribution in [0.4, 0.5) is 5.69 Å². The lowest BCUT2D eigenvalue weighted by atomic mass is 9.95. The number of anilines is 1. The van der Waals surface area contributed by atoms with E-state index in [1.54, 1.807) is 0 Å². The molecule has 4 rings (SSSR count). The van der Waals surface area contributed by atoms with Crippen molar-refractivity contribution in [1.82, 2.24) is 4.90 Å². The molecule has 158 valence electrons. The van der Waals surface area contributed by atoms with Crippen molar-refractivity contribution in [1.29, 1.82) is 0 Å². The summed E-state index contributed by atoms with van der Waals surface area (Å²) in [5.74, 6) is 0.494. The summed E-state index contributed by atoms with van der Waals surface area (Å²) in [6, 6.07) is 8.11. The molecule has 3 saturated heterocycles. The van der Waals surface area contributed by atoms with Crippen molar-refractivity contribution in [2.45, 2.75) is 51.7 Å². The first-order chi connectivity index (χ1) is 14.1. The first-order valence-electron chi connectivity index (χ1n) is 11.0. The van der Waals surface area contributed by atoms with E-state index in [1.165, 1.54) is 5.56 Å². The number of para-hydroxylation sites is 1. The number of ether oxygens (including phenoxy) is 2. The standard InChI is InChI=1S/C23H32N2O4/c1-3-16(2)19-8-4-5-9-20(19)25-15-18(13-21(25)26)22(27)24-10-6-7-17(14-24)23-28-11-12-29-23/h4-5,8-9,16-18,23H,3,6-7,10-15H2,1-2H3. The molecule has 0 bridgehead atoms. The summed E-state index contributed by atoms with van der Waals surface area (Å²) in [5, 5.41) is 0. The van der Waals surface area contributed by atoms with Crippen molar-refractivity contribution in [3.63, 3.8) is 0 Å². The summed E-state index contributed by atoms with van der Waals surface area (Å²) in [6.07, 6.45) is 3.11. The number of likely N-dealkylation sites (tertiary alicyclic amines) is 1. The first kappa shape index (κ1) is 20.4. The third kappa shape index (κ3) is 4.19. The van der Waals surface area contributed by atoms with Crippen LogP contribution < -0.4 is 4.90 Å². The van der Waals surface area contributed by atoms with Crippen LogP contribution in [0.2, 0.25) is 0 Å². The third-order valence-corrected chi connectivity index (χ3v) is 6.65. The highest BCUT2D eigenvalue weighted by molar-refractivity contribution is 6.00. The predicted octanol–water partition coefficient (Wildman–Crippen LogP) is 3.16. The fourth-order valence-electron chi connectivity index (χ4n) is 4.82. The van der Waals surface area contributed by atoms with Crippen LogP contribution in [0.25, 0.3) is 0 Å². The van der Waals surface area contributed by atoms with Crippen molar-refractivity contribution >= 4 is 17.5 Å². The van der Waals surface area contributed by atoms with Gasteiger partial charge in [-0.3, -0.25) is 9.59 Å². The highest BCUT2D eigenvalue weighted by Gasteiger charge is 2.40. The predicted molar refractivity (Wildman–Crippen MR) is 111 cm³/mol. The van der Waals surface area contributed by atoms with Gasteiger partial charge in [-0.15, -0.1) is 0 Å². The largest absolute Gasteiger partial charge is 0.350 e. The molecule has 0 saturated carbocycles. The Morgan fingerprint density at radius 1 is 1.21 bits per heavy atom. The van der Waals surface area contributed by atoms with E-state index in [4.69, 9.17) is 9.47 Å². The number of rotatable bonds is 5. The number of hydrogen-bond donors (Lipinski definition) is 0. The number of amides is 2. The maximum absolute atomic E-state index is 13.2. The second-order valence-corrected chi connectivity index (χ2v) is 8.57. The van der Waals surface area contributed by atoms with Crippen molar-refractivity contribution in [3.8, 4) is 0 Å². The molecule has 29 heavy (non-hydrogen) atoms. The summed E-state index contributed by atoms with van der Waals surface area (Å²) in [5.41, 5.74) is 2.15. The topological polar surface area (TPSA) is 59.1 Å². The van der Waals surface area contributed by atoms with E-state index in [0.29, 0.717) is 38.6 Å². The van der Waals surface area contributed by atoms with Gasteiger partial charge in [-0.05, 0) is 36.8 Å². The number of carbonyl (C=O) groups excluding carboxylic acids is 2. The lowest BCUT2D eigenvalue weighted by Crippen LogP contribution is -2.46. The van der Waals surface area contributed by atoms with Gasteiger partial charge < -0.3 is 19.3 Å². The van der Waals surface area contributed by atoms with Gasteiger partial charge in [0.15, 0.2) is 6.29 Å². The Bertz CT molecular complexity index is 746. The van der Waals surface area contributed by atoms with Crippen molar-refractivity contribution in [2.24, 2.45) is 11.8 Å². The van der Waals surface area contributed by atoms with E-state index in [9.17, 15) is 9.59 Å². The Morgan fingerprint density at radius 2 is 1.97 bits per heavy atom. The summed E-state index contributed by atoms with van der Waals surface area (Å²) in [4.78, 5) is 29.8. The van der Waals surface area contributed by atoms with Crippen LogP contribution in [-0.2, 0) is 19.1 Å². The van der Waals surface area contributed by atoms with Crippen LogP contribution in [0.3, 0.4) is 0 Å². The van der Waals surface area contributed by atoms with Gasteiger partial charge >= 0.3 is 0 Å². The second kappa shape index (κ2) is 8.84. The number of hydrogen-bond acceptors (Lipinski definition) is 4. The molecule has 2 amide bonds. The molecule has 6 nitrogen and oxygen atoms in total. The number of piperidine rings is 1. The smallest absolute Gasteiger partial charge is 0.228 e. The van der Waals surface area contributed by atoms with Crippen LogP contribution in [0.15, 0.2) is 24.3 Å². The number of nitrogens with zero attached hydrogens (tertiary/aromatic N) is 2. The zero-order valence-corrected chi connectivity index (χ0v) is 17.5. The van der Waals surface area contributed by atoms with Gasteiger partial charge in [-0.1, -0.05) is 32.0 Å². The molecule has 1 aromatic carbocycles. The second-order valence-electron chi connectivity index (χ2n) is 8.57. The van der Waals surface area contributed by atoms with Gasteiger partial charge in [-0.25, -0.2) is 0 Å². The van der Waals surface area contributed by atoms with Crippen LogP contribution in [-0.4, -0.2) is 55.9 Å². The minimum Gasteiger partial charge on any atom is -0.350 e. The molecule has 3 atom stereocenters. The van der Waals surface area contributed by atoms with Crippen molar-refractivity contribution in [2.75, 3.05) is 37.7 Å². The van der Waals surface area contributed by atoms with Gasteiger partial charge in [0.25, 0.3) is 0 Å². The molecule has 1 aromatic rings. The molecule has 3 fully saturated rings. The average molecular weight is 401 g/mol. The zero-order chi connectivity index (χ0) is 20.4. The normalized spacial score (nSPS) is 26.9. The SMILES string of the molecule is CCC(C)c1ccccc1N1CC(C(=O)N2CCCC(C3OCCO3)C2)CC1=O. The molecule has 3 unspecified atom stereocenters. The third-order valence-electron chi connectivity index (χ3n) is 6.65. The van der Waals surface area contributed by atoms with Crippen molar-refractivity contribution < 1.29 is 19.1 Å². The summed E-state index contributed by atoms with van der Waals surface area (Å²) in [7, 11) is 0. The van der Waals surface area contributed by atoms with Gasteiger partial charge in [-0.2, -0.15) is 0 Å². The summed E-state index contributed by atoms with van der Waals surface area (Å²) in [6.45, 7) is 7.51. The van der Waals surface area contributed by atoms with Gasteiger partial charge in [0.05, 0.1) is 19.1 Å². The Morgan fingerprint density at radius 3 is 2.72 bits per heavy atom. The molecule has 0 radical (unpaired) electrons. The van der Waals surface area contributed by atoms with Gasteiger partial charge in [0, 0.05) is 37.7 Å². The zero-order valence-electron chi connectivity index (χ0n) is 17.5. The molecule has 6 heteroatoms. The summed E-state index contributed by atoms with van der Waals surface area (Å²) < 4.78 is 11.3. The van der Waals surface area contributed by atoms with Crippen LogP contribution in [0.5, 0.6) is 0 Å². The Hall–Kier alpha value is -1.92.